The van der Waals surface area contributed by atoms with Gasteiger partial charge in [0, 0.05) is 5.56 Å². The fraction of sp³-hybridized carbons (Fsp3) is 0.429. The third-order valence-electron chi connectivity index (χ3n) is 6.10. The first-order chi connectivity index (χ1) is 15.5. The van der Waals surface area contributed by atoms with Gasteiger partial charge >= 0.3 is 0 Å². The smallest absolute Gasteiger partial charge is 0.166 e. The summed E-state index contributed by atoms with van der Waals surface area (Å²) < 4.78 is 48.7. The molecular formula is C28H33F3O. The quantitative estimate of drug-likeness (QED) is 0.337. The fourth-order valence-electron chi connectivity index (χ4n) is 4.07. The van der Waals surface area contributed by atoms with Crippen LogP contribution in [0.2, 0.25) is 0 Å². The molecule has 1 unspecified atom stereocenters. The Labute approximate surface area is 190 Å². The Hall–Kier alpha value is -2.49. The first-order valence-corrected chi connectivity index (χ1v) is 11.8. The van der Waals surface area contributed by atoms with Crippen LogP contribution in [0.1, 0.15) is 69.1 Å². The predicted molar refractivity (Wildman–Crippen MR) is 125 cm³/mol. The van der Waals surface area contributed by atoms with E-state index < -0.39 is 11.6 Å². The highest BCUT2D eigenvalue weighted by atomic mass is 19.2. The van der Waals surface area contributed by atoms with Crippen LogP contribution in [0, 0.1) is 23.4 Å². The minimum Gasteiger partial charge on any atom is -0.490 e. The summed E-state index contributed by atoms with van der Waals surface area (Å²) in [5.41, 5.74) is 2.55. The summed E-state index contributed by atoms with van der Waals surface area (Å²) in [4.78, 5) is 0. The summed E-state index contributed by atoms with van der Waals surface area (Å²) in [6.07, 6.45) is 12.8. The van der Waals surface area contributed by atoms with Gasteiger partial charge in [-0.05, 0) is 79.7 Å². The van der Waals surface area contributed by atoms with Crippen molar-refractivity contribution in [1.82, 2.24) is 0 Å². The SMILES string of the molecule is CCC/C=C/CCc1ccc(OCC2CC=C(c3ccc(CC)c(F)c3F)CC2)c(F)c1. The molecule has 1 aliphatic rings. The second kappa shape index (κ2) is 11.9. The van der Waals surface area contributed by atoms with E-state index in [1.165, 1.54) is 0 Å². The molecule has 0 saturated heterocycles. The lowest BCUT2D eigenvalue weighted by molar-refractivity contribution is 0.231. The predicted octanol–water partition coefficient (Wildman–Crippen LogP) is 8.22. The molecule has 0 radical (unpaired) electrons. The van der Waals surface area contributed by atoms with Gasteiger partial charge in [-0.2, -0.15) is 0 Å². The number of benzene rings is 2. The third-order valence-corrected chi connectivity index (χ3v) is 6.10. The second-order valence-electron chi connectivity index (χ2n) is 8.50. The van der Waals surface area contributed by atoms with Crippen molar-refractivity contribution in [2.75, 3.05) is 6.61 Å². The largest absolute Gasteiger partial charge is 0.490 e. The average molecular weight is 443 g/mol. The molecule has 1 atom stereocenters. The summed E-state index contributed by atoms with van der Waals surface area (Å²) in [5.74, 6) is -1.33. The van der Waals surface area contributed by atoms with Crippen molar-refractivity contribution in [1.29, 1.82) is 0 Å². The average Bonchev–Trinajstić information content (AvgIpc) is 2.80. The van der Waals surface area contributed by atoms with Crippen molar-refractivity contribution in [2.24, 2.45) is 5.92 Å². The summed E-state index contributed by atoms with van der Waals surface area (Å²) in [5, 5.41) is 0. The molecule has 0 aromatic heterocycles. The Morgan fingerprint density at radius 3 is 2.50 bits per heavy atom. The normalized spacial score (nSPS) is 16.4. The van der Waals surface area contributed by atoms with Crippen molar-refractivity contribution in [3.63, 3.8) is 0 Å². The Morgan fingerprint density at radius 2 is 1.81 bits per heavy atom. The molecule has 1 nitrogen and oxygen atoms in total. The van der Waals surface area contributed by atoms with E-state index in [1.807, 2.05) is 19.1 Å². The van der Waals surface area contributed by atoms with Crippen LogP contribution in [0.25, 0.3) is 5.57 Å². The molecule has 0 spiro atoms. The topological polar surface area (TPSA) is 9.23 Å². The molecule has 2 aromatic carbocycles. The van der Waals surface area contributed by atoms with Crippen LogP contribution in [0.15, 0.2) is 48.6 Å². The molecule has 172 valence electrons. The molecule has 0 fully saturated rings. The first kappa shape index (κ1) is 24.2. The van der Waals surface area contributed by atoms with Gasteiger partial charge < -0.3 is 4.74 Å². The number of hydrogen-bond acceptors (Lipinski definition) is 1. The van der Waals surface area contributed by atoms with E-state index in [0.29, 0.717) is 37.0 Å². The minimum absolute atomic E-state index is 0.226. The van der Waals surface area contributed by atoms with Crippen molar-refractivity contribution in [3.8, 4) is 5.75 Å². The van der Waals surface area contributed by atoms with Crippen LogP contribution in [-0.4, -0.2) is 6.61 Å². The molecule has 4 heteroatoms. The lowest BCUT2D eigenvalue weighted by Crippen LogP contribution is -2.15. The number of unbranched alkanes of at least 4 members (excludes halogenated alkanes) is 1. The molecule has 0 N–H and O–H groups in total. The van der Waals surface area contributed by atoms with Gasteiger partial charge in [-0.25, -0.2) is 13.2 Å². The maximum atomic E-state index is 14.4. The van der Waals surface area contributed by atoms with Crippen LogP contribution in [0.4, 0.5) is 13.2 Å². The maximum Gasteiger partial charge on any atom is 0.166 e. The second-order valence-corrected chi connectivity index (χ2v) is 8.50. The highest BCUT2D eigenvalue weighted by Gasteiger charge is 2.21. The molecule has 1 aliphatic carbocycles. The highest BCUT2D eigenvalue weighted by molar-refractivity contribution is 5.67. The van der Waals surface area contributed by atoms with Gasteiger partial charge in [-0.3, -0.25) is 0 Å². The van der Waals surface area contributed by atoms with Gasteiger partial charge in [0.05, 0.1) is 6.61 Å². The van der Waals surface area contributed by atoms with Crippen LogP contribution in [-0.2, 0) is 12.8 Å². The molecule has 0 heterocycles. The van der Waals surface area contributed by atoms with Gasteiger partial charge in [0.2, 0.25) is 0 Å². The standard InChI is InChI=1S/C28H33F3O/c1-3-5-6-7-8-9-20-12-17-26(25(29)18-20)32-19-21-10-13-23(14-11-21)24-16-15-22(4-2)27(30)28(24)31/h6-7,12-13,15-18,21H,3-5,8-11,14,19H2,1-2H3/b7-6+. The molecule has 0 bridgehead atoms. The molecule has 0 saturated carbocycles. The van der Waals surface area contributed by atoms with E-state index in [1.54, 1.807) is 24.3 Å². The number of hydrogen-bond donors (Lipinski definition) is 0. The zero-order valence-corrected chi connectivity index (χ0v) is 19.1. The number of halogens is 3. The number of rotatable bonds is 10. The highest BCUT2D eigenvalue weighted by Crippen LogP contribution is 2.33. The summed E-state index contributed by atoms with van der Waals surface area (Å²) in [6.45, 7) is 4.36. The fourth-order valence-corrected chi connectivity index (χ4v) is 4.07. The molecule has 3 rings (SSSR count). The molecule has 0 aliphatic heterocycles. The molecule has 2 aromatic rings. The van der Waals surface area contributed by atoms with Crippen molar-refractivity contribution < 1.29 is 17.9 Å². The van der Waals surface area contributed by atoms with Crippen LogP contribution >= 0.6 is 0 Å². The van der Waals surface area contributed by atoms with E-state index in [4.69, 9.17) is 4.74 Å². The lowest BCUT2D eigenvalue weighted by atomic mass is 9.86. The van der Waals surface area contributed by atoms with Gasteiger partial charge in [-0.1, -0.05) is 56.7 Å². The first-order valence-electron chi connectivity index (χ1n) is 11.8. The van der Waals surface area contributed by atoms with E-state index >= 15 is 0 Å². The Balaban J connectivity index is 1.52. The van der Waals surface area contributed by atoms with Gasteiger partial charge in [0.25, 0.3) is 0 Å². The third kappa shape index (κ3) is 6.27. The van der Waals surface area contributed by atoms with Crippen molar-refractivity contribution in [2.45, 2.75) is 65.2 Å². The lowest BCUT2D eigenvalue weighted by Gasteiger charge is -2.23. The van der Waals surface area contributed by atoms with E-state index in [2.05, 4.69) is 19.1 Å². The zero-order chi connectivity index (χ0) is 22.9. The van der Waals surface area contributed by atoms with Crippen molar-refractivity contribution in [3.05, 3.63) is 82.7 Å². The van der Waals surface area contributed by atoms with Gasteiger partial charge in [-0.15, -0.1) is 0 Å². The van der Waals surface area contributed by atoms with E-state index in [9.17, 15) is 13.2 Å². The zero-order valence-electron chi connectivity index (χ0n) is 19.1. The summed E-state index contributed by atoms with van der Waals surface area (Å²) in [6, 6.07) is 8.52. The van der Waals surface area contributed by atoms with E-state index in [0.717, 1.165) is 43.2 Å². The van der Waals surface area contributed by atoms with E-state index in [-0.39, 0.29) is 17.5 Å². The van der Waals surface area contributed by atoms with Gasteiger partial charge in [0.1, 0.15) is 0 Å². The monoisotopic (exact) mass is 442 g/mol. The Bertz CT molecular complexity index is 961. The van der Waals surface area contributed by atoms with Crippen molar-refractivity contribution >= 4 is 5.57 Å². The summed E-state index contributed by atoms with van der Waals surface area (Å²) in [7, 11) is 0. The molecular weight excluding hydrogens is 409 g/mol. The van der Waals surface area contributed by atoms with Gasteiger partial charge in [0.15, 0.2) is 23.2 Å². The summed E-state index contributed by atoms with van der Waals surface area (Å²) >= 11 is 0. The maximum absolute atomic E-state index is 14.4. The number of ether oxygens (including phenoxy) is 1. The van der Waals surface area contributed by atoms with Crippen LogP contribution in [0.5, 0.6) is 5.75 Å². The number of aryl methyl sites for hydroxylation is 2. The Kier molecular flexibility index (Phi) is 9.01. The molecule has 32 heavy (non-hydrogen) atoms. The molecule has 0 amide bonds. The number of allylic oxidation sites excluding steroid dienone is 4. The minimum atomic E-state index is -0.756. The van der Waals surface area contributed by atoms with Crippen LogP contribution < -0.4 is 4.74 Å². The Morgan fingerprint density at radius 1 is 1.00 bits per heavy atom. The van der Waals surface area contributed by atoms with Crippen LogP contribution in [0.3, 0.4) is 0 Å².